The van der Waals surface area contributed by atoms with E-state index < -0.39 is 0 Å². The number of rotatable bonds is 5. The van der Waals surface area contributed by atoms with E-state index in [4.69, 9.17) is 0 Å². The Morgan fingerprint density at radius 3 is 2.55 bits per heavy atom. The molecule has 0 rings (SSSR count). The van der Waals surface area contributed by atoms with Crippen LogP contribution in [0.15, 0.2) is 24.8 Å². The van der Waals surface area contributed by atoms with E-state index in [1.807, 2.05) is 25.2 Å². The zero-order valence-electron chi connectivity index (χ0n) is 7.46. The molecule has 0 radical (unpaired) electrons. The summed E-state index contributed by atoms with van der Waals surface area (Å²) in [4.78, 5) is 0. The number of aliphatic hydroxyl groups is 1. The van der Waals surface area contributed by atoms with Crippen molar-refractivity contribution in [3.05, 3.63) is 24.8 Å². The molecule has 0 aliphatic heterocycles. The lowest BCUT2D eigenvalue weighted by Crippen LogP contribution is -2.03. The van der Waals surface area contributed by atoms with Gasteiger partial charge >= 0.3 is 0 Å². The zero-order chi connectivity index (χ0) is 8.69. The number of hydrogen-bond acceptors (Lipinski definition) is 1. The molecule has 0 aromatic carbocycles. The van der Waals surface area contributed by atoms with Crippen LogP contribution in [0, 0.1) is 5.92 Å². The molecular formula is C10H18O. The Morgan fingerprint density at radius 2 is 2.09 bits per heavy atom. The lowest BCUT2D eigenvalue weighted by Gasteiger charge is -2.07. The smallest absolute Gasteiger partial charge is 0.0721 e. The molecule has 0 spiro atoms. The molecule has 1 heteroatoms. The second-order valence-corrected chi connectivity index (χ2v) is 2.88. The molecule has 11 heavy (non-hydrogen) atoms. The maximum atomic E-state index is 9.27. The third-order valence-corrected chi connectivity index (χ3v) is 1.73. The normalized spacial score (nSPS) is 16.6. The minimum atomic E-state index is -0.276. The molecule has 0 aliphatic carbocycles. The Bertz CT molecular complexity index is 127. The Morgan fingerprint density at radius 1 is 1.45 bits per heavy atom. The summed E-state index contributed by atoms with van der Waals surface area (Å²) in [7, 11) is 0. The first-order valence-electron chi connectivity index (χ1n) is 4.14. The van der Waals surface area contributed by atoms with E-state index in [9.17, 15) is 5.11 Å². The monoisotopic (exact) mass is 154 g/mol. The zero-order valence-corrected chi connectivity index (χ0v) is 7.46. The third-order valence-electron chi connectivity index (χ3n) is 1.73. The maximum absolute atomic E-state index is 9.27. The van der Waals surface area contributed by atoms with Gasteiger partial charge in [-0.3, -0.25) is 0 Å². The van der Waals surface area contributed by atoms with Gasteiger partial charge in [0, 0.05) is 0 Å². The molecule has 1 nitrogen and oxygen atoms in total. The van der Waals surface area contributed by atoms with Gasteiger partial charge in [-0.2, -0.15) is 0 Å². The van der Waals surface area contributed by atoms with Crippen LogP contribution in [0.4, 0.5) is 0 Å². The van der Waals surface area contributed by atoms with Crippen molar-refractivity contribution in [1.29, 1.82) is 0 Å². The highest BCUT2D eigenvalue weighted by atomic mass is 16.3. The molecule has 0 aromatic rings. The van der Waals surface area contributed by atoms with Crippen molar-refractivity contribution >= 4 is 0 Å². The molecule has 0 aliphatic rings. The number of allylic oxidation sites excluding steroid dienone is 2. The van der Waals surface area contributed by atoms with Crippen molar-refractivity contribution in [2.75, 3.05) is 0 Å². The summed E-state index contributed by atoms with van der Waals surface area (Å²) < 4.78 is 0. The summed E-state index contributed by atoms with van der Waals surface area (Å²) in [6.45, 7) is 7.71. The highest BCUT2D eigenvalue weighted by Gasteiger charge is 2.01. The molecule has 0 saturated carbocycles. The van der Waals surface area contributed by atoms with Gasteiger partial charge in [0.1, 0.15) is 0 Å². The molecule has 0 aromatic heterocycles. The highest BCUT2D eigenvalue weighted by Crippen LogP contribution is 2.08. The van der Waals surface area contributed by atoms with E-state index in [-0.39, 0.29) is 6.10 Å². The van der Waals surface area contributed by atoms with Crippen molar-refractivity contribution in [1.82, 2.24) is 0 Å². The van der Waals surface area contributed by atoms with Crippen molar-refractivity contribution in [2.24, 2.45) is 5.92 Å². The molecule has 64 valence electrons. The van der Waals surface area contributed by atoms with Crippen molar-refractivity contribution in [3.8, 4) is 0 Å². The van der Waals surface area contributed by atoms with E-state index in [1.165, 1.54) is 0 Å². The molecule has 0 heterocycles. The second kappa shape index (κ2) is 6.17. The average Bonchev–Trinajstić information content (AvgIpc) is 2.01. The van der Waals surface area contributed by atoms with Gasteiger partial charge in [0.2, 0.25) is 0 Å². The maximum Gasteiger partial charge on any atom is 0.0721 e. The van der Waals surface area contributed by atoms with Gasteiger partial charge in [0.25, 0.3) is 0 Å². The second-order valence-electron chi connectivity index (χ2n) is 2.88. The third kappa shape index (κ3) is 5.86. The molecule has 0 bridgehead atoms. The van der Waals surface area contributed by atoms with Gasteiger partial charge in [-0.1, -0.05) is 25.2 Å². The van der Waals surface area contributed by atoms with Gasteiger partial charge in [0.15, 0.2) is 0 Å². The van der Waals surface area contributed by atoms with Crippen LogP contribution in [0.1, 0.15) is 26.7 Å². The van der Waals surface area contributed by atoms with Gasteiger partial charge in [-0.05, 0) is 25.7 Å². The molecule has 0 fully saturated rings. The Hall–Kier alpha value is -0.560. The van der Waals surface area contributed by atoms with Gasteiger partial charge in [-0.25, -0.2) is 0 Å². The van der Waals surface area contributed by atoms with Crippen LogP contribution >= 0.6 is 0 Å². The van der Waals surface area contributed by atoms with Crippen LogP contribution in [-0.4, -0.2) is 11.2 Å². The van der Waals surface area contributed by atoms with Crippen molar-refractivity contribution < 1.29 is 5.11 Å². The lowest BCUT2D eigenvalue weighted by atomic mass is 10.0. The summed E-state index contributed by atoms with van der Waals surface area (Å²) in [5, 5.41) is 9.27. The van der Waals surface area contributed by atoms with E-state index in [0.29, 0.717) is 5.92 Å². The molecule has 2 atom stereocenters. The average molecular weight is 154 g/mol. The first kappa shape index (κ1) is 10.4. The first-order chi connectivity index (χ1) is 5.20. The van der Waals surface area contributed by atoms with Crippen LogP contribution in [0.3, 0.4) is 0 Å². The van der Waals surface area contributed by atoms with E-state index in [2.05, 4.69) is 13.5 Å². The fourth-order valence-corrected chi connectivity index (χ4v) is 0.870. The first-order valence-corrected chi connectivity index (χ1v) is 4.14. The molecule has 1 N–H and O–H groups in total. The Kier molecular flexibility index (Phi) is 5.86. The number of hydrogen-bond donors (Lipinski definition) is 1. The van der Waals surface area contributed by atoms with E-state index >= 15 is 0 Å². The largest absolute Gasteiger partial charge is 0.389 e. The fraction of sp³-hybridized carbons (Fsp3) is 0.600. The standard InChI is InChI=1S/C10H18O/c1-4-6-10(11)8-7-9(3)5-2/h4-6,9-11H,2,7-8H2,1,3H3/b6-4+. The summed E-state index contributed by atoms with van der Waals surface area (Å²) in [5.41, 5.74) is 0. The van der Waals surface area contributed by atoms with Gasteiger partial charge in [0.05, 0.1) is 6.10 Å². The van der Waals surface area contributed by atoms with Gasteiger partial charge in [-0.15, -0.1) is 6.58 Å². The molecule has 2 unspecified atom stereocenters. The molecule has 0 saturated heterocycles. The lowest BCUT2D eigenvalue weighted by molar-refractivity contribution is 0.205. The Labute approximate surface area is 69.4 Å². The predicted octanol–water partition coefficient (Wildman–Crippen LogP) is 2.53. The Balaban J connectivity index is 3.44. The van der Waals surface area contributed by atoms with Crippen LogP contribution in [0.5, 0.6) is 0 Å². The summed E-state index contributed by atoms with van der Waals surface area (Å²) >= 11 is 0. The SMILES string of the molecule is C=CC(C)CCC(O)/C=C/C. The summed E-state index contributed by atoms with van der Waals surface area (Å²) in [5.74, 6) is 0.509. The minimum Gasteiger partial charge on any atom is -0.389 e. The van der Waals surface area contributed by atoms with Gasteiger partial charge < -0.3 is 5.11 Å². The van der Waals surface area contributed by atoms with E-state index in [1.54, 1.807) is 0 Å². The van der Waals surface area contributed by atoms with E-state index in [0.717, 1.165) is 12.8 Å². The highest BCUT2D eigenvalue weighted by molar-refractivity contribution is 4.86. The topological polar surface area (TPSA) is 20.2 Å². The molecule has 0 amide bonds. The summed E-state index contributed by atoms with van der Waals surface area (Å²) in [6, 6.07) is 0. The summed E-state index contributed by atoms with van der Waals surface area (Å²) in [6.07, 6.45) is 7.18. The fourth-order valence-electron chi connectivity index (χ4n) is 0.870. The number of aliphatic hydroxyl groups excluding tert-OH is 1. The van der Waals surface area contributed by atoms with Crippen LogP contribution in [0.2, 0.25) is 0 Å². The van der Waals surface area contributed by atoms with Crippen LogP contribution in [0.25, 0.3) is 0 Å². The minimum absolute atomic E-state index is 0.276. The molecular weight excluding hydrogens is 136 g/mol. The van der Waals surface area contributed by atoms with Crippen LogP contribution in [-0.2, 0) is 0 Å². The van der Waals surface area contributed by atoms with Crippen molar-refractivity contribution in [3.63, 3.8) is 0 Å². The van der Waals surface area contributed by atoms with Crippen molar-refractivity contribution in [2.45, 2.75) is 32.8 Å². The van der Waals surface area contributed by atoms with Crippen LogP contribution < -0.4 is 0 Å². The quantitative estimate of drug-likeness (QED) is 0.603. The predicted molar refractivity (Wildman–Crippen MR) is 49.4 cm³/mol.